The molecule has 0 saturated heterocycles. The maximum absolute atomic E-state index is 11.5. The van der Waals surface area contributed by atoms with Crippen LogP contribution in [0.1, 0.15) is 12.0 Å². The highest BCUT2D eigenvalue weighted by Gasteiger charge is 1.98. The van der Waals surface area contributed by atoms with Crippen LogP contribution in [0.15, 0.2) is 24.3 Å². The van der Waals surface area contributed by atoms with Crippen LogP contribution in [-0.2, 0) is 4.79 Å². The molecule has 19 heavy (non-hydrogen) atoms. The number of benzene rings is 1. The summed E-state index contributed by atoms with van der Waals surface area (Å²) in [5.74, 6) is -0.107. The van der Waals surface area contributed by atoms with E-state index in [0.29, 0.717) is 16.6 Å². The van der Waals surface area contributed by atoms with Gasteiger partial charge in [-0.05, 0) is 50.8 Å². The largest absolute Gasteiger partial charge is 0.353 e. The van der Waals surface area contributed by atoms with Crippen molar-refractivity contribution >= 4 is 35.2 Å². The third kappa shape index (κ3) is 6.62. The van der Waals surface area contributed by atoms with Gasteiger partial charge in [-0.15, -0.1) is 0 Å². The van der Waals surface area contributed by atoms with Crippen LogP contribution in [0.5, 0.6) is 0 Å². The highest BCUT2D eigenvalue weighted by molar-refractivity contribution is 6.42. The van der Waals surface area contributed by atoms with E-state index in [1.54, 1.807) is 18.2 Å². The summed E-state index contributed by atoms with van der Waals surface area (Å²) in [5, 5.41) is 3.81. The van der Waals surface area contributed by atoms with Crippen LogP contribution in [0.4, 0.5) is 0 Å². The second-order valence-corrected chi connectivity index (χ2v) is 5.27. The van der Waals surface area contributed by atoms with E-state index in [1.807, 2.05) is 20.2 Å². The second kappa shape index (κ2) is 8.20. The summed E-state index contributed by atoms with van der Waals surface area (Å²) in [6.07, 6.45) is 4.14. The Labute approximate surface area is 124 Å². The van der Waals surface area contributed by atoms with Crippen molar-refractivity contribution in [2.75, 3.05) is 27.2 Å². The molecule has 0 atom stereocenters. The topological polar surface area (TPSA) is 32.3 Å². The maximum atomic E-state index is 11.5. The Morgan fingerprint density at radius 2 is 2.05 bits per heavy atom. The van der Waals surface area contributed by atoms with Crippen LogP contribution in [0.3, 0.4) is 0 Å². The average molecular weight is 301 g/mol. The average Bonchev–Trinajstić information content (AvgIpc) is 2.36. The van der Waals surface area contributed by atoms with Crippen molar-refractivity contribution < 1.29 is 4.79 Å². The van der Waals surface area contributed by atoms with Crippen LogP contribution >= 0.6 is 23.2 Å². The van der Waals surface area contributed by atoms with Gasteiger partial charge in [0.15, 0.2) is 0 Å². The normalized spacial score (nSPS) is 11.2. The van der Waals surface area contributed by atoms with Gasteiger partial charge in [-0.1, -0.05) is 29.3 Å². The lowest BCUT2D eigenvalue weighted by Crippen LogP contribution is -2.25. The highest BCUT2D eigenvalue weighted by Crippen LogP contribution is 2.22. The summed E-state index contributed by atoms with van der Waals surface area (Å²) < 4.78 is 0. The quantitative estimate of drug-likeness (QED) is 0.647. The molecule has 3 nitrogen and oxygen atoms in total. The predicted octanol–water partition coefficient (Wildman–Crippen LogP) is 3.07. The summed E-state index contributed by atoms with van der Waals surface area (Å²) in [7, 11) is 4.01. The number of hydrogen-bond acceptors (Lipinski definition) is 2. The Morgan fingerprint density at radius 3 is 2.68 bits per heavy atom. The molecule has 0 bridgehead atoms. The van der Waals surface area contributed by atoms with Crippen LogP contribution < -0.4 is 5.32 Å². The fraction of sp³-hybridized carbons (Fsp3) is 0.357. The number of amides is 1. The van der Waals surface area contributed by atoms with Gasteiger partial charge in [0, 0.05) is 12.6 Å². The van der Waals surface area contributed by atoms with Gasteiger partial charge >= 0.3 is 0 Å². The van der Waals surface area contributed by atoms with Gasteiger partial charge in [-0.3, -0.25) is 4.79 Å². The molecule has 0 aliphatic carbocycles. The van der Waals surface area contributed by atoms with Gasteiger partial charge in [0.1, 0.15) is 0 Å². The summed E-state index contributed by atoms with van der Waals surface area (Å²) >= 11 is 11.7. The number of nitrogens with one attached hydrogen (secondary N) is 1. The molecule has 104 valence electrons. The summed E-state index contributed by atoms with van der Waals surface area (Å²) in [6, 6.07) is 5.24. The number of carbonyl (C=O) groups is 1. The molecule has 0 aliphatic heterocycles. The highest BCUT2D eigenvalue weighted by atomic mass is 35.5. The molecule has 0 spiro atoms. The Bertz CT molecular complexity index is 459. The van der Waals surface area contributed by atoms with Crippen molar-refractivity contribution in [1.29, 1.82) is 0 Å². The van der Waals surface area contributed by atoms with Crippen LogP contribution in [0.2, 0.25) is 10.0 Å². The molecule has 0 fully saturated rings. The molecule has 1 amide bonds. The molecule has 5 heteroatoms. The van der Waals surface area contributed by atoms with E-state index in [-0.39, 0.29) is 5.91 Å². The molecular weight excluding hydrogens is 283 g/mol. The van der Waals surface area contributed by atoms with Crippen LogP contribution in [0, 0.1) is 0 Å². The van der Waals surface area contributed by atoms with Gasteiger partial charge in [0.05, 0.1) is 10.0 Å². The van der Waals surface area contributed by atoms with Crippen molar-refractivity contribution in [3.8, 4) is 0 Å². The van der Waals surface area contributed by atoms with Crippen molar-refractivity contribution in [1.82, 2.24) is 10.2 Å². The molecular formula is C14H18Cl2N2O. The molecule has 0 unspecified atom stereocenters. The third-order valence-corrected chi connectivity index (χ3v) is 3.19. The van der Waals surface area contributed by atoms with Crippen molar-refractivity contribution in [2.45, 2.75) is 6.42 Å². The Morgan fingerprint density at radius 1 is 1.32 bits per heavy atom. The minimum Gasteiger partial charge on any atom is -0.353 e. The fourth-order valence-corrected chi connectivity index (χ4v) is 1.76. The predicted molar refractivity (Wildman–Crippen MR) is 81.7 cm³/mol. The maximum Gasteiger partial charge on any atom is 0.243 e. The standard InChI is InChI=1S/C14H18Cl2N2O/c1-18(2)9-3-8-17-14(19)7-5-11-4-6-12(15)13(16)10-11/h4-7,10H,3,8-9H2,1-2H3,(H,17,19). The molecule has 1 aromatic carbocycles. The van der Waals surface area contributed by atoms with Gasteiger partial charge in [-0.25, -0.2) is 0 Å². The van der Waals surface area contributed by atoms with E-state index >= 15 is 0 Å². The lowest BCUT2D eigenvalue weighted by molar-refractivity contribution is -0.116. The first-order valence-electron chi connectivity index (χ1n) is 6.05. The lowest BCUT2D eigenvalue weighted by atomic mass is 10.2. The third-order valence-electron chi connectivity index (χ3n) is 2.45. The molecule has 1 rings (SSSR count). The van der Waals surface area contributed by atoms with Gasteiger partial charge in [0.2, 0.25) is 5.91 Å². The summed E-state index contributed by atoms with van der Waals surface area (Å²) in [6.45, 7) is 1.62. The molecule has 0 aromatic heterocycles. The van der Waals surface area contributed by atoms with Crippen molar-refractivity contribution in [3.05, 3.63) is 39.9 Å². The van der Waals surface area contributed by atoms with E-state index in [4.69, 9.17) is 23.2 Å². The smallest absolute Gasteiger partial charge is 0.243 e. The van der Waals surface area contributed by atoms with E-state index in [0.717, 1.165) is 18.5 Å². The van der Waals surface area contributed by atoms with Gasteiger partial charge < -0.3 is 10.2 Å². The first-order valence-corrected chi connectivity index (χ1v) is 6.80. The number of hydrogen-bond donors (Lipinski definition) is 1. The second-order valence-electron chi connectivity index (χ2n) is 4.45. The van der Waals surface area contributed by atoms with E-state index in [9.17, 15) is 4.79 Å². The molecule has 0 heterocycles. The molecule has 0 aliphatic rings. The van der Waals surface area contributed by atoms with E-state index in [2.05, 4.69) is 10.2 Å². The number of rotatable bonds is 6. The van der Waals surface area contributed by atoms with Crippen molar-refractivity contribution in [2.24, 2.45) is 0 Å². The first-order chi connectivity index (χ1) is 8.99. The van der Waals surface area contributed by atoms with E-state index < -0.39 is 0 Å². The fourth-order valence-electron chi connectivity index (χ4n) is 1.45. The number of carbonyl (C=O) groups excluding carboxylic acids is 1. The molecule has 0 saturated carbocycles. The minimum atomic E-state index is -0.107. The SMILES string of the molecule is CN(C)CCCNC(=O)C=Cc1ccc(Cl)c(Cl)c1. The van der Waals surface area contributed by atoms with E-state index in [1.165, 1.54) is 6.08 Å². The lowest BCUT2D eigenvalue weighted by Gasteiger charge is -2.08. The molecule has 1 aromatic rings. The monoisotopic (exact) mass is 300 g/mol. The van der Waals surface area contributed by atoms with Crippen LogP contribution in [0.25, 0.3) is 6.08 Å². The number of nitrogens with zero attached hydrogens (tertiary/aromatic N) is 1. The molecule has 0 radical (unpaired) electrons. The number of halogens is 2. The first kappa shape index (κ1) is 16.0. The Balaban J connectivity index is 2.39. The zero-order valence-electron chi connectivity index (χ0n) is 11.1. The summed E-state index contributed by atoms with van der Waals surface area (Å²) in [4.78, 5) is 13.6. The summed E-state index contributed by atoms with van der Waals surface area (Å²) in [5.41, 5.74) is 0.845. The zero-order valence-corrected chi connectivity index (χ0v) is 12.6. The van der Waals surface area contributed by atoms with Crippen LogP contribution in [-0.4, -0.2) is 38.0 Å². The minimum absolute atomic E-state index is 0.107. The van der Waals surface area contributed by atoms with Gasteiger partial charge in [-0.2, -0.15) is 0 Å². The van der Waals surface area contributed by atoms with Crippen molar-refractivity contribution in [3.63, 3.8) is 0 Å². The zero-order chi connectivity index (χ0) is 14.3. The van der Waals surface area contributed by atoms with Gasteiger partial charge in [0.25, 0.3) is 0 Å². The Hall–Kier alpha value is -1.03. The Kier molecular flexibility index (Phi) is 6.92. The molecule has 1 N–H and O–H groups in total.